The maximum atomic E-state index is 9.91. The lowest BCUT2D eigenvalue weighted by Crippen LogP contribution is -2.30. The molecule has 2 nitrogen and oxygen atoms in total. The van der Waals surface area contributed by atoms with Crippen LogP contribution in [0.1, 0.15) is 57.6 Å². The molecule has 98 valence electrons. The zero-order valence-corrected chi connectivity index (χ0v) is 11.8. The van der Waals surface area contributed by atoms with Crippen LogP contribution in [0.15, 0.2) is 16.8 Å². The average molecular weight is 255 g/mol. The van der Waals surface area contributed by atoms with E-state index in [0.29, 0.717) is 12.6 Å². The Bertz CT molecular complexity index is 274. The third-order valence-electron chi connectivity index (χ3n) is 3.08. The van der Waals surface area contributed by atoms with Gasteiger partial charge in [-0.05, 0) is 35.7 Å². The molecule has 3 heteroatoms. The molecule has 0 aliphatic rings. The summed E-state index contributed by atoms with van der Waals surface area (Å²) in [7, 11) is 0. The van der Waals surface area contributed by atoms with Crippen molar-refractivity contribution in [2.45, 2.75) is 58.1 Å². The zero-order chi connectivity index (χ0) is 12.5. The van der Waals surface area contributed by atoms with Gasteiger partial charge in [0.1, 0.15) is 0 Å². The van der Waals surface area contributed by atoms with E-state index < -0.39 is 0 Å². The molecule has 0 aliphatic carbocycles. The second-order valence-electron chi connectivity index (χ2n) is 4.73. The summed E-state index contributed by atoms with van der Waals surface area (Å²) in [4.78, 5) is 0. The van der Waals surface area contributed by atoms with Gasteiger partial charge in [0.15, 0.2) is 0 Å². The van der Waals surface area contributed by atoms with Crippen LogP contribution < -0.4 is 5.32 Å². The van der Waals surface area contributed by atoms with Crippen LogP contribution in [0.4, 0.5) is 0 Å². The summed E-state index contributed by atoms with van der Waals surface area (Å²) in [5.41, 5.74) is 1.03. The van der Waals surface area contributed by atoms with Gasteiger partial charge < -0.3 is 10.4 Å². The molecule has 0 aliphatic heterocycles. The van der Waals surface area contributed by atoms with E-state index in [2.05, 4.69) is 19.2 Å². The number of hydrogen-bond acceptors (Lipinski definition) is 3. The van der Waals surface area contributed by atoms with E-state index in [-0.39, 0.29) is 6.10 Å². The molecule has 0 aromatic carbocycles. The van der Waals surface area contributed by atoms with Gasteiger partial charge in [0.2, 0.25) is 0 Å². The van der Waals surface area contributed by atoms with Crippen molar-refractivity contribution in [1.82, 2.24) is 5.32 Å². The number of rotatable bonds is 9. The van der Waals surface area contributed by atoms with Crippen LogP contribution in [0.25, 0.3) is 0 Å². The third-order valence-corrected chi connectivity index (χ3v) is 3.78. The summed E-state index contributed by atoms with van der Waals surface area (Å²) in [5.74, 6) is 0. The van der Waals surface area contributed by atoms with E-state index in [1.165, 1.54) is 32.1 Å². The zero-order valence-electron chi connectivity index (χ0n) is 11.0. The van der Waals surface area contributed by atoms with Gasteiger partial charge in [0, 0.05) is 12.6 Å². The molecule has 0 bridgehead atoms. The number of hydrogen-bond donors (Lipinski definition) is 2. The molecule has 17 heavy (non-hydrogen) atoms. The fourth-order valence-electron chi connectivity index (χ4n) is 1.87. The fraction of sp³-hybridized carbons (Fsp3) is 0.714. The number of aliphatic hydroxyl groups is 1. The number of aliphatic hydroxyl groups excluding tert-OH is 1. The molecule has 1 aromatic heterocycles. The van der Waals surface area contributed by atoms with Crippen molar-refractivity contribution in [3.8, 4) is 0 Å². The highest BCUT2D eigenvalue weighted by Gasteiger charge is 2.09. The summed E-state index contributed by atoms with van der Waals surface area (Å²) < 4.78 is 0. The van der Waals surface area contributed by atoms with Gasteiger partial charge in [0.25, 0.3) is 0 Å². The molecule has 1 aromatic rings. The molecule has 1 rings (SSSR count). The van der Waals surface area contributed by atoms with Crippen LogP contribution in [-0.2, 0) is 0 Å². The van der Waals surface area contributed by atoms with Crippen LogP contribution in [-0.4, -0.2) is 17.7 Å². The van der Waals surface area contributed by atoms with Crippen molar-refractivity contribution in [1.29, 1.82) is 0 Å². The minimum Gasteiger partial charge on any atom is -0.387 e. The van der Waals surface area contributed by atoms with E-state index in [1.807, 2.05) is 16.8 Å². The van der Waals surface area contributed by atoms with Gasteiger partial charge in [-0.15, -0.1) is 0 Å². The Labute approximate surface area is 109 Å². The first kappa shape index (κ1) is 14.7. The van der Waals surface area contributed by atoms with Crippen molar-refractivity contribution >= 4 is 11.3 Å². The number of thiophene rings is 1. The van der Waals surface area contributed by atoms with E-state index >= 15 is 0 Å². The van der Waals surface area contributed by atoms with Gasteiger partial charge in [-0.2, -0.15) is 11.3 Å². The molecule has 0 spiro atoms. The average Bonchev–Trinajstić information content (AvgIpc) is 2.85. The Balaban J connectivity index is 2.09. The van der Waals surface area contributed by atoms with Crippen molar-refractivity contribution in [3.63, 3.8) is 0 Å². The van der Waals surface area contributed by atoms with Crippen LogP contribution in [0.2, 0.25) is 0 Å². The lowest BCUT2D eigenvalue weighted by atomic mass is 10.1. The minimum absolute atomic E-state index is 0.362. The standard InChI is InChI=1S/C14H25NOS/c1-3-4-5-6-7-12(2)15-10-14(16)13-8-9-17-11-13/h8-9,11-12,14-16H,3-7,10H2,1-2H3. The Morgan fingerprint density at radius 1 is 1.35 bits per heavy atom. The van der Waals surface area contributed by atoms with Crippen LogP contribution in [0.3, 0.4) is 0 Å². The molecule has 2 unspecified atom stereocenters. The predicted molar refractivity (Wildman–Crippen MR) is 75.5 cm³/mol. The largest absolute Gasteiger partial charge is 0.387 e. The Morgan fingerprint density at radius 2 is 2.18 bits per heavy atom. The highest BCUT2D eigenvalue weighted by atomic mass is 32.1. The van der Waals surface area contributed by atoms with Gasteiger partial charge in [-0.3, -0.25) is 0 Å². The molecular formula is C14H25NOS. The molecule has 0 saturated heterocycles. The molecule has 0 amide bonds. The van der Waals surface area contributed by atoms with E-state index in [9.17, 15) is 5.11 Å². The number of unbranched alkanes of at least 4 members (excludes halogenated alkanes) is 3. The molecule has 0 fully saturated rings. The summed E-state index contributed by atoms with van der Waals surface area (Å²) >= 11 is 1.63. The van der Waals surface area contributed by atoms with E-state index in [4.69, 9.17) is 0 Å². The minimum atomic E-state index is -0.362. The predicted octanol–water partition coefficient (Wildman–Crippen LogP) is 3.73. The topological polar surface area (TPSA) is 32.3 Å². The number of nitrogens with one attached hydrogen (secondary N) is 1. The van der Waals surface area contributed by atoms with E-state index in [1.54, 1.807) is 11.3 Å². The maximum absolute atomic E-state index is 9.91. The van der Waals surface area contributed by atoms with Crippen LogP contribution in [0.5, 0.6) is 0 Å². The lowest BCUT2D eigenvalue weighted by molar-refractivity contribution is 0.170. The first-order chi connectivity index (χ1) is 8.24. The first-order valence-corrected chi connectivity index (χ1v) is 7.61. The third kappa shape index (κ3) is 6.20. The quantitative estimate of drug-likeness (QED) is 0.659. The highest BCUT2D eigenvalue weighted by molar-refractivity contribution is 7.07. The Kier molecular flexibility index (Phi) is 7.49. The molecular weight excluding hydrogens is 230 g/mol. The summed E-state index contributed by atoms with van der Waals surface area (Å²) in [6.45, 7) is 5.09. The summed E-state index contributed by atoms with van der Waals surface area (Å²) in [6.07, 6.45) is 6.09. The van der Waals surface area contributed by atoms with Gasteiger partial charge >= 0.3 is 0 Å². The smallest absolute Gasteiger partial charge is 0.0922 e. The summed E-state index contributed by atoms with van der Waals surface area (Å²) in [6, 6.07) is 2.49. The molecule has 0 radical (unpaired) electrons. The van der Waals surface area contributed by atoms with Gasteiger partial charge in [-0.1, -0.05) is 32.6 Å². The SMILES string of the molecule is CCCCCCC(C)NCC(O)c1ccsc1. The first-order valence-electron chi connectivity index (χ1n) is 6.67. The Hall–Kier alpha value is -0.380. The Morgan fingerprint density at radius 3 is 2.82 bits per heavy atom. The summed E-state index contributed by atoms with van der Waals surface area (Å²) in [5, 5.41) is 17.3. The fourth-order valence-corrected chi connectivity index (χ4v) is 2.58. The van der Waals surface area contributed by atoms with Crippen molar-refractivity contribution in [3.05, 3.63) is 22.4 Å². The molecule has 2 atom stereocenters. The maximum Gasteiger partial charge on any atom is 0.0922 e. The second-order valence-corrected chi connectivity index (χ2v) is 5.51. The molecule has 1 heterocycles. The highest BCUT2D eigenvalue weighted by Crippen LogP contribution is 2.15. The normalized spacial score (nSPS) is 14.8. The van der Waals surface area contributed by atoms with Gasteiger partial charge in [0.05, 0.1) is 6.10 Å². The van der Waals surface area contributed by atoms with Crippen LogP contribution in [0, 0.1) is 0 Å². The van der Waals surface area contributed by atoms with Crippen LogP contribution >= 0.6 is 11.3 Å². The lowest BCUT2D eigenvalue weighted by Gasteiger charge is -2.16. The second kappa shape index (κ2) is 8.67. The van der Waals surface area contributed by atoms with Crippen molar-refractivity contribution < 1.29 is 5.11 Å². The van der Waals surface area contributed by atoms with E-state index in [0.717, 1.165) is 5.56 Å². The molecule has 0 saturated carbocycles. The van der Waals surface area contributed by atoms with Crippen molar-refractivity contribution in [2.24, 2.45) is 0 Å². The van der Waals surface area contributed by atoms with Crippen molar-refractivity contribution in [2.75, 3.05) is 6.54 Å². The van der Waals surface area contributed by atoms with Gasteiger partial charge in [-0.25, -0.2) is 0 Å². The monoisotopic (exact) mass is 255 g/mol. The molecule has 2 N–H and O–H groups in total.